The van der Waals surface area contributed by atoms with E-state index >= 15 is 0 Å². The highest BCUT2D eigenvalue weighted by Gasteiger charge is 2.01. The van der Waals surface area contributed by atoms with E-state index < -0.39 is 0 Å². The molecule has 14 heavy (non-hydrogen) atoms. The molecule has 0 aromatic carbocycles. The Bertz CT molecular complexity index is 453. The predicted octanol–water partition coefficient (Wildman–Crippen LogP) is 1.78. The summed E-state index contributed by atoms with van der Waals surface area (Å²) in [6.07, 6.45) is 3.66. The van der Waals surface area contributed by atoms with Crippen molar-refractivity contribution in [2.45, 2.75) is 20.0 Å². The minimum Gasteiger partial charge on any atom is -0.300 e. The molecule has 74 valence electrons. The van der Waals surface area contributed by atoms with Crippen LogP contribution in [0.4, 0.5) is 0 Å². The Morgan fingerprint density at radius 2 is 2.14 bits per heavy atom. The first-order chi connectivity index (χ1) is 6.81. The molecule has 4 heteroatoms. The molecule has 0 unspecified atom stereocenters. The number of hydrogen-bond acceptors (Lipinski definition) is 2. The lowest BCUT2D eigenvalue weighted by molar-refractivity contribution is 0.669. The second-order valence-electron chi connectivity index (χ2n) is 3.13. The first-order valence-electron chi connectivity index (χ1n) is 4.58. The molecular formula is C10H12N2OS. The summed E-state index contributed by atoms with van der Waals surface area (Å²) in [5.41, 5.74) is 1.25. The van der Waals surface area contributed by atoms with Crippen molar-refractivity contribution in [3.8, 4) is 0 Å². The molecule has 2 heterocycles. The van der Waals surface area contributed by atoms with Crippen molar-refractivity contribution < 1.29 is 0 Å². The maximum atomic E-state index is 11.7. The fourth-order valence-corrected chi connectivity index (χ4v) is 2.05. The van der Waals surface area contributed by atoms with E-state index in [1.807, 2.05) is 30.8 Å². The van der Waals surface area contributed by atoms with E-state index in [0.717, 1.165) is 6.54 Å². The molecule has 0 N–H and O–H groups in total. The fourth-order valence-electron chi connectivity index (χ4n) is 1.39. The van der Waals surface area contributed by atoms with Crippen molar-refractivity contribution in [2.75, 3.05) is 0 Å². The van der Waals surface area contributed by atoms with Crippen molar-refractivity contribution in [1.82, 2.24) is 9.13 Å². The van der Waals surface area contributed by atoms with Gasteiger partial charge in [0.2, 0.25) is 0 Å². The Morgan fingerprint density at radius 3 is 2.71 bits per heavy atom. The number of rotatable bonds is 3. The largest absolute Gasteiger partial charge is 0.328 e. The molecule has 0 aliphatic rings. The van der Waals surface area contributed by atoms with Crippen LogP contribution < -0.4 is 5.69 Å². The molecule has 0 bridgehead atoms. The fraction of sp³-hybridized carbons (Fsp3) is 0.300. The van der Waals surface area contributed by atoms with Crippen LogP contribution in [0, 0.1) is 0 Å². The topological polar surface area (TPSA) is 26.9 Å². The maximum Gasteiger partial charge on any atom is 0.328 e. The van der Waals surface area contributed by atoms with Crippen molar-refractivity contribution in [2.24, 2.45) is 0 Å². The summed E-state index contributed by atoms with van der Waals surface area (Å²) in [7, 11) is 0. The van der Waals surface area contributed by atoms with Crippen LogP contribution in [0.25, 0.3) is 0 Å². The standard InChI is InChI=1S/C10H12N2OS/c1-2-11-4-5-12(10(11)13)7-9-3-6-14-8-9/h3-6,8H,2,7H2,1H3. The molecule has 2 aromatic heterocycles. The van der Waals surface area contributed by atoms with Gasteiger partial charge in [-0.1, -0.05) is 0 Å². The normalized spacial score (nSPS) is 10.6. The highest BCUT2D eigenvalue weighted by Crippen LogP contribution is 2.06. The zero-order valence-electron chi connectivity index (χ0n) is 8.01. The third kappa shape index (κ3) is 1.65. The van der Waals surface area contributed by atoms with Crippen LogP contribution in [0.3, 0.4) is 0 Å². The van der Waals surface area contributed by atoms with Gasteiger partial charge in [-0.05, 0) is 29.3 Å². The molecular weight excluding hydrogens is 196 g/mol. The van der Waals surface area contributed by atoms with Crippen LogP contribution in [-0.2, 0) is 13.1 Å². The van der Waals surface area contributed by atoms with Gasteiger partial charge in [0, 0.05) is 18.9 Å². The van der Waals surface area contributed by atoms with Gasteiger partial charge in [0.05, 0.1) is 6.54 Å². The minimum absolute atomic E-state index is 0.0682. The molecule has 0 atom stereocenters. The average molecular weight is 208 g/mol. The smallest absolute Gasteiger partial charge is 0.300 e. The third-order valence-electron chi connectivity index (χ3n) is 2.19. The zero-order chi connectivity index (χ0) is 9.97. The average Bonchev–Trinajstić information content (AvgIpc) is 2.79. The van der Waals surface area contributed by atoms with E-state index in [4.69, 9.17) is 0 Å². The molecule has 0 aliphatic carbocycles. The summed E-state index contributed by atoms with van der Waals surface area (Å²) < 4.78 is 3.43. The quantitative estimate of drug-likeness (QED) is 0.755. The van der Waals surface area contributed by atoms with Crippen LogP contribution in [0.15, 0.2) is 34.0 Å². The lowest BCUT2D eigenvalue weighted by Crippen LogP contribution is -2.23. The summed E-state index contributed by atoms with van der Waals surface area (Å²) in [5, 5.41) is 4.09. The number of aryl methyl sites for hydroxylation is 1. The predicted molar refractivity (Wildman–Crippen MR) is 57.8 cm³/mol. The monoisotopic (exact) mass is 208 g/mol. The van der Waals surface area contributed by atoms with Crippen LogP contribution in [-0.4, -0.2) is 9.13 Å². The van der Waals surface area contributed by atoms with E-state index in [0.29, 0.717) is 6.54 Å². The van der Waals surface area contributed by atoms with Gasteiger partial charge in [0.25, 0.3) is 0 Å². The van der Waals surface area contributed by atoms with Crippen LogP contribution in [0.2, 0.25) is 0 Å². The van der Waals surface area contributed by atoms with Crippen LogP contribution >= 0.6 is 11.3 Å². The number of hydrogen-bond donors (Lipinski definition) is 0. The Hall–Kier alpha value is -1.29. The minimum atomic E-state index is 0.0682. The Balaban J connectivity index is 2.26. The van der Waals surface area contributed by atoms with Gasteiger partial charge in [0.15, 0.2) is 0 Å². The number of thiophene rings is 1. The Kier molecular flexibility index (Phi) is 2.54. The Labute approximate surface area is 86.2 Å². The van der Waals surface area contributed by atoms with Crippen LogP contribution in [0.5, 0.6) is 0 Å². The Morgan fingerprint density at radius 1 is 1.36 bits per heavy atom. The summed E-state index contributed by atoms with van der Waals surface area (Å²) in [6, 6.07) is 2.04. The van der Waals surface area contributed by atoms with Gasteiger partial charge >= 0.3 is 5.69 Å². The van der Waals surface area contributed by atoms with E-state index in [2.05, 4.69) is 5.38 Å². The second kappa shape index (κ2) is 3.84. The van der Waals surface area contributed by atoms with E-state index in [1.165, 1.54) is 5.56 Å². The lowest BCUT2D eigenvalue weighted by atomic mass is 10.3. The van der Waals surface area contributed by atoms with Gasteiger partial charge in [-0.2, -0.15) is 11.3 Å². The molecule has 0 saturated heterocycles. The van der Waals surface area contributed by atoms with Gasteiger partial charge < -0.3 is 0 Å². The second-order valence-corrected chi connectivity index (χ2v) is 3.91. The summed E-state index contributed by atoms with van der Waals surface area (Å²) in [4.78, 5) is 11.7. The zero-order valence-corrected chi connectivity index (χ0v) is 8.83. The summed E-state index contributed by atoms with van der Waals surface area (Å²) in [6.45, 7) is 3.38. The molecule has 3 nitrogen and oxygen atoms in total. The molecule has 2 aromatic rings. The number of imidazole rings is 1. The summed E-state index contributed by atoms with van der Waals surface area (Å²) in [5.74, 6) is 0. The van der Waals surface area contributed by atoms with Gasteiger partial charge in [0.1, 0.15) is 0 Å². The molecule has 0 amide bonds. The highest BCUT2D eigenvalue weighted by atomic mass is 32.1. The van der Waals surface area contributed by atoms with Crippen molar-refractivity contribution in [3.05, 3.63) is 45.3 Å². The first-order valence-corrected chi connectivity index (χ1v) is 5.52. The van der Waals surface area contributed by atoms with Gasteiger partial charge in [-0.15, -0.1) is 0 Å². The van der Waals surface area contributed by atoms with Crippen LogP contribution in [0.1, 0.15) is 12.5 Å². The molecule has 0 saturated carbocycles. The molecule has 2 rings (SSSR count). The SMILES string of the molecule is CCn1ccn(Cc2ccsc2)c1=O. The summed E-state index contributed by atoms with van der Waals surface area (Å²) >= 11 is 1.66. The van der Waals surface area contributed by atoms with Crippen molar-refractivity contribution in [1.29, 1.82) is 0 Å². The lowest BCUT2D eigenvalue weighted by Gasteiger charge is -1.98. The van der Waals surface area contributed by atoms with E-state index in [1.54, 1.807) is 20.5 Å². The maximum absolute atomic E-state index is 11.7. The van der Waals surface area contributed by atoms with Crippen molar-refractivity contribution >= 4 is 11.3 Å². The number of nitrogens with zero attached hydrogens (tertiary/aromatic N) is 2. The van der Waals surface area contributed by atoms with Gasteiger partial charge in [-0.3, -0.25) is 9.13 Å². The first kappa shape index (κ1) is 9.27. The molecule has 0 aliphatic heterocycles. The molecule has 0 fully saturated rings. The van der Waals surface area contributed by atoms with Crippen molar-refractivity contribution in [3.63, 3.8) is 0 Å². The molecule has 0 spiro atoms. The highest BCUT2D eigenvalue weighted by molar-refractivity contribution is 7.07. The van der Waals surface area contributed by atoms with E-state index in [9.17, 15) is 4.79 Å². The van der Waals surface area contributed by atoms with E-state index in [-0.39, 0.29) is 5.69 Å². The third-order valence-corrected chi connectivity index (χ3v) is 2.92. The molecule has 0 radical (unpaired) electrons. The number of aromatic nitrogens is 2. The van der Waals surface area contributed by atoms with Gasteiger partial charge in [-0.25, -0.2) is 4.79 Å².